The maximum Gasteiger partial charge on any atom is 0.273 e. The first-order valence-corrected chi connectivity index (χ1v) is 8.25. The molecule has 2 N–H and O–H groups in total. The summed E-state index contributed by atoms with van der Waals surface area (Å²) < 4.78 is 0. The molecule has 0 saturated heterocycles. The average Bonchev–Trinajstić information content (AvgIpc) is 2.95. The largest absolute Gasteiger partial charge is 0.340 e. The molecule has 0 radical (unpaired) electrons. The van der Waals surface area contributed by atoms with Crippen LogP contribution in [-0.4, -0.2) is 35.9 Å². The first-order valence-electron chi connectivity index (χ1n) is 6.99. The van der Waals surface area contributed by atoms with Crippen LogP contribution in [-0.2, 0) is 0 Å². The zero-order valence-corrected chi connectivity index (χ0v) is 14.5. The summed E-state index contributed by atoms with van der Waals surface area (Å²) in [6, 6.07) is 7.46. The van der Waals surface area contributed by atoms with Crippen LogP contribution in [0.4, 0.5) is 0 Å². The van der Waals surface area contributed by atoms with Gasteiger partial charge in [0.05, 0.1) is 0 Å². The molecule has 1 heterocycles. The normalized spacial score (nSPS) is 11.5. The Morgan fingerprint density at radius 1 is 1.45 bits per heavy atom. The van der Waals surface area contributed by atoms with Crippen molar-refractivity contribution in [3.63, 3.8) is 0 Å². The molecule has 0 saturated carbocycles. The van der Waals surface area contributed by atoms with Gasteiger partial charge in [-0.25, -0.2) is 4.98 Å². The van der Waals surface area contributed by atoms with Crippen LogP contribution in [0.15, 0.2) is 29.6 Å². The number of benzene rings is 1. The number of carbonyl (C=O) groups excluding carboxylic acids is 1. The van der Waals surface area contributed by atoms with Gasteiger partial charge in [0.15, 0.2) is 0 Å². The quantitative estimate of drug-likeness (QED) is 0.908. The Hall–Kier alpha value is -1.43. The van der Waals surface area contributed by atoms with Crippen LogP contribution in [0.3, 0.4) is 0 Å². The number of nitrogens with two attached hydrogens (primary N) is 1. The van der Waals surface area contributed by atoms with Crippen molar-refractivity contribution in [3.05, 3.63) is 40.4 Å². The van der Waals surface area contributed by atoms with Crippen molar-refractivity contribution >= 4 is 28.8 Å². The number of aromatic nitrogens is 1. The maximum absolute atomic E-state index is 12.5. The van der Waals surface area contributed by atoms with Crippen LogP contribution in [0.5, 0.6) is 0 Å². The van der Waals surface area contributed by atoms with E-state index < -0.39 is 0 Å². The van der Waals surface area contributed by atoms with E-state index >= 15 is 0 Å². The van der Waals surface area contributed by atoms with E-state index in [-0.39, 0.29) is 11.3 Å². The van der Waals surface area contributed by atoms with E-state index in [2.05, 4.69) is 4.98 Å². The third kappa shape index (κ3) is 4.06. The number of hydrogen-bond donors (Lipinski definition) is 1. The van der Waals surface area contributed by atoms with E-state index in [0.29, 0.717) is 23.8 Å². The lowest BCUT2D eigenvalue weighted by Gasteiger charge is -2.28. The minimum atomic E-state index is -0.115. The zero-order chi connectivity index (χ0) is 16.3. The summed E-state index contributed by atoms with van der Waals surface area (Å²) in [6.07, 6.45) is 0. The summed E-state index contributed by atoms with van der Waals surface area (Å²) in [5, 5.41) is 3.23. The van der Waals surface area contributed by atoms with E-state index in [0.717, 1.165) is 10.6 Å². The van der Waals surface area contributed by atoms with Gasteiger partial charge in [0.2, 0.25) is 0 Å². The molecule has 118 valence electrons. The standard InChI is InChI=1S/C16H20ClN3OS/c1-16(2,9-18)10-20(3)15(21)13-8-22-14(19-13)11-5-4-6-12(17)7-11/h4-8H,9-10,18H2,1-3H3. The topological polar surface area (TPSA) is 59.2 Å². The lowest BCUT2D eigenvalue weighted by Crippen LogP contribution is -2.39. The SMILES string of the molecule is CN(CC(C)(C)CN)C(=O)c1csc(-c2cccc(Cl)c2)n1. The van der Waals surface area contributed by atoms with Crippen molar-refractivity contribution < 1.29 is 4.79 Å². The molecule has 1 aromatic heterocycles. The van der Waals surface area contributed by atoms with Gasteiger partial charge in [-0.3, -0.25) is 4.79 Å². The van der Waals surface area contributed by atoms with E-state index in [4.69, 9.17) is 17.3 Å². The molecular weight excluding hydrogens is 318 g/mol. The van der Waals surface area contributed by atoms with Crippen LogP contribution in [0.2, 0.25) is 5.02 Å². The van der Waals surface area contributed by atoms with Gasteiger partial charge >= 0.3 is 0 Å². The van der Waals surface area contributed by atoms with E-state index in [1.54, 1.807) is 17.3 Å². The summed E-state index contributed by atoms with van der Waals surface area (Å²) in [7, 11) is 1.78. The molecule has 1 amide bonds. The number of carbonyl (C=O) groups is 1. The highest BCUT2D eigenvalue weighted by atomic mass is 35.5. The maximum atomic E-state index is 12.5. The van der Waals surface area contributed by atoms with Crippen molar-refractivity contribution in [3.8, 4) is 10.6 Å². The van der Waals surface area contributed by atoms with E-state index in [1.165, 1.54) is 11.3 Å². The smallest absolute Gasteiger partial charge is 0.273 e. The van der Waals surface area contributed by atoms with Crippen molar-refractivity contribution in [1.29, 1.82) is 0 Å². The number of amides is 1. The van der Waals surface area contributed by atoms with Crippen LogP contribution < -0.4 is 5.73 Å². The Morgan fingerprint density at radius 3 is 2.82 bits per heavy atom. The van der Waals surface area contributed by atoms with Crippen molar-refractivity contribution in [2.45, 2.75) is 13.8 Å². The number of rotatable bonds is 5. The van der Waals surface area contributed by atoms with Gasteiger partial charge in [0.25, 0.3) is 5.91 Å². The fourth-order valence-electron chi connectivity index (χ4n) is 2.10. The van der Waals surface area contributed by atoms with Gasteiger partial charge in [-0.2, -0.15) is 0 Å². The predicted octanol–water partition coefficient (Wildman–Crippen LogP) is 3.52. The monoisotopic (exact) mass is 337 g/mol. The van der Waals surface area contributed by atoms with Gasteiger partial charge in [-0.1, -0.05) is 37.6 Å². The summed E-state index contributed by atoms with van der Waals surface area (Å²) >= 11 is 7.43. The molecule has 0 atom stereocenters. The summed E-state index contributed by atoms with van der Waals surface area (Å²) in [5.41, 5.74) is 6.98. The van der Waals surface area contributed by atoms with E-state index in [1.807, 2.05) is 38.1 Å². The first kappa shape index (κ1) is 16.9. The highest BCUT2D eigenvalue weighted by molar-refractivity contribution is 7.13. The van der Waals surface area contributed by atoms with Crippen molar-refractivity contribution in [2.75, 3.05) is 20.1 Å². The molecule has 0 aliphatic carbocycles. The number of nitrogens with zero attached hydrogens (tertiary/aromatic N) is 2. The summed E-state index contributed by atoms with van der Waals surface area (Å²) in [6.45, 7) is 5.19. The number of halogens is 1. The van der Waals surface area contributed by atoms with Gasteiger partial charge in [0, 0.05) is 29.6 Å². The molecule has 0 aliphatic heterocycles. The zero-order valence-electron chi connectivity index (χ0n) is 13.0. The summed E-state index contributed by atoms with van der Waals surface area (Å²) in [5.74, 6) is -0.0916. The Morgan fingerprint density at radius 2 is 2.18 bits per heavy atom. The Kier molecular flexibility index (Phi) is 5.21. The van der Waals surface area contributed by atoms with Gasteiger partial charge in [-0.05, 0) is 24.1 Å². The molecule has 22 heavy (non-hydrogen) atoms. The Labute approximate surface area is 139 Å². The highest BCUT2D eigenvalue weighted by Gasteiger charge is 2.23. The molecule has 1 aromatic carbocycles. The second-order valence-electron chi connectivity index (χ2n) is 6.08. The van der Waals surface area contributed by atoms with Crippen LogP contribution >= 0.6 is 22.9 Å². The molecule has 2 aromatic rings. The second kappa shape index (κ2) is 6.77. The van der Waals surface area contributed by atoms with Gasteiger partial charge in [0.1, 0.15) is 10.7 Å². The first-order chi connectivity index (χ1) is 10.3. The van der Waals surface area contributed by atoms with Gasteiger partial charge in [-0.15, -0.1) is 11.3 Å². The van der Waals surface area contributed by atoms with E-state index in [9.17, 15) is 4.79 Å². The fraction of sp³-hybridized carbons (Fsp3) is 0.375. The number of hydrogen-bond acceptors (Lipinski definition) is 4. The van der Waals surface area contributed by atoms with Crippen LogP contribution in [0, 0.1) is 5.41 Å². The minimum Gasteiger partial charge on any atom is -0.340 e. The lowest BCUT2D eigenvalue weighted by atomic mass is 9.93. The molecule has 4 nitrogen and oxygen atoms in total. The third-order valence-electron chi connectivity index (χ3n) is 3.36. The molecular formula is C16H20ClN3OS. The Balaban J connectivity index is 2.15. The van der Waals surface area contributed by atoms with Crippen LogP contribution in [0.25, 0.3) is 10.6 Å². The molecule has 0 aliphatic rings. The molecule has 0 unspecified atom stereocenters. The van der Waals surface area contributed by atoms with Crippen LogP contribution in [0.1, 0.15) is 24.3 Å². The highest BCUT2D eigenvalue weighted by Crippen LogP contribution is 2.26. The molecule has 2 rings (SSSR count). The minimum absolute atomic E-state index is 0.0916. The molecule has 0 bridgehead atoms. The number of thiazole rings is 1. The fourth-order valence-corrected chi connectivity index (χ4v) is 3.08. The van der Waals surface area contributed by atoms with Crippen molar-refractivity contribution in [2.24, 2.45) is 11.1 Å². The van der Waals surface area contributed by atoms with Crippen molar-refractivity contribution in [1.82, 2.24) is 9.88 Å². The second-order valence-corrected chi connectivity index (χ2v) is 7.37. The molecule has 6 heteroatoms. The average molecular weight is 338 g/mol. The Bertz CT molecular complexity index is 669. The van der Waals surface area contributed by atoms with Gasteiger partial charge < -0.3 is 10.6 Å². The predicted molar refractivity (Wildman–Crippen MR) is 92.4 cm³/mol. The third-order valence-corrected chi connectivity index (χ3v) is 4.49. The molecule has 0 fully saturated rings. The summed E-state index contributed by atoms with van der Waals surface area (Å²) in [4.78, 5) is 18.6. The lowest BCUT2D eigenvalue weighted by molar-refractivity contribution is 0.0735. The molecule has 0 spiro atoms.